The first-order chi connectivity index (χ1) is 10.7. The summed E-state index contributed by atoms with van der Waals surface area (Å²) in [5, 5.41) is 1.96. The number of aryl methyl sites for hydroxylation is 1. The largest absolute Gasteiger partial charge is 0.285 e. The number of rotatable bonds is 7. The Balaban J connectivity index is 1.79. The molecule has 0 saturated heterocycles. The SMILES string of the molecule is CCCCCCCCc1ccc2c3c(cccc13)C(=O)C2=O. The third kappa shape index (κ3) is 2.58. The third-order valence-corrected chi connectivity index (χ3v) is 4.63. The second-order valence-corrected chi connectivity index (χ2v) is 6.18. The van der Waals surface area contributed by atoms with Gasteiger partial charge < -0.3 is 0 Å². The van der Waals surface area contributed by atoms with Gasteiger partial charge in [-0.25, -0.2) is 0 Å². The number of benzene rings is 2. The molecule has 0 radical (unpaired) electrons. The van der Waals surface area contributed by atoms with E-state index in [0.29, 0.717) is 11.1 Å². The highest BCUT2D eigenvalue weighted by Gasteiger charge is 2.30. The van der Waals surface area contributed by atoms with Crippen molar-refractivity contribution in [3.63, 3.8) is 0 Å². The maximum Gasteiger partial charge on any atom is 0.234 e. The summed E-state index contributed by atoms with van der Waals surface area (Å²) in [7, 11) is 0. The van der Waals surface area contributed by atoms with Crippen molar-refractivity contribution >= 4 is 22.3 Å². The molecule has 1 aliphatic carbocycles. The van der Waals surface area contributed by atoms with Crippen molar-refractivity contribution in [1.82, 2.24) is 0 Å². The zero-order valence-electron chi connectivity index (χ0n) is 13.2. The Labute approximate surface area is 131 Å². The van der Waals surface area contributed by atoms with Crippen LogP contribution in [0.1, 0.15) is 71.7 Å². The highest BCUT2D eigenvalue weighted by molar-refractivity contribution is 6.57. The van der Waals surface area contributed by atoms with E-state index in [0.717, 1.165) is 17.2 Å². The van der Waals surface area contributed by atoms with E-state index >= 15 is 0 Å². The smallest absolute Gasteiger partial charge is 0.234 e. The molecule has 0 bridgehead atoms. The van der Waals surface area contributed by atoms with Crippen LogP contribution in [0.4, 0.5) is 0 Å². The summed E-state index contributed by atoms with van der Waals surface area (Å²) in [4.78, 5) is 24.0. The Bertz CT molecular complexity index is 708. The average Bonchev–Trinajstić information content (AvgIpc) is 2.79. The molecule has 2 aromatic rings. The second-order valence-electron chi connectivity index (χ2n) is 6.18. The minimum Gasteiger partial charge on any atom is -0.285 e. The zero-order valence-corrected chi connectivity index (χ0v) is 13.2. The quantitative estimate of drug-likeness (QED) is 0.524. The van der Waals surface area contributed by atoms with E-state index in [1.807, 2.05) is 24.3 Å². The van der Waals surface area contributed by atoms with Crippen LogP contribution in [-0.2, 0) is 6.42 Å². The fourth-order valence-corrected chi connectivity index (χ4v) is 3.40. The highest BCUT2D eigenvalue weighted by Crippen LogP contribution is 2.33. The number of Topliss-reactive ketones (excluding diaryl/α,β-unsaturated/α-hetero) is 2. The molecule has 0 N–H and O–H groups in total. The van der Waals surface area contributed by atoms with Crippen molar-refractivity contribution in [2.24, 2.45) is 0 Å². The number of hydrogen-bond acceptors (Lipinski definition) is 2. The Morgan fingerprint density at radius 3 is 2.23 bits per heavy atom. The van der Waals surface area contributed by atoms with Gasteiger partial charge in [-0.05, 0) is 29.9 Å². The first kappa shape index (κ1) is 15.0. The Morgan fingerprint density at radius 2 is 1.45 bits per heavy atom. The number of unbranched alkanes of at least 4 members (excludes halogenated alkanes) is 5. The molecule has 0 fully saturated rings. The summed E-state index contributed by atoms with van der Waals surface area (Å²) in [6.45, 7) is 2.23. The van der Waals surface area contributed by atoms with Crippen LogP contribution in [0.25, 0.3) is 10.8 Å². The molecule has 0 spiro atoms. The van der Waals surface area contributed by atoms with Gasteiger partial charge in [0.05, 0.1) is 0 Å². The van der Waals surface area contributed by atoms with Gasteiger partial charge in [-0.3, -0.25) is 9.59 Å². The van der Waals surface area contributed by atoms with Crippen LogP contribution in [-0.4, -0.2) is 11.6 Å². The van der Waals surface area contributed by atoms with Crippen LogP contribution in [0, 0.1) is 0 Å². The molecule has 0 atom stereocenters. The third-order valence-electron chi connectivity index (χ3n) is 4.63. The maximum atomic E-state index is 12.0. The maximum absolute atomic E-state index is 12.0. The van der Waals surface area contributed by atoms with Crippen molar-refractivity contribution in [3.8, 4) is 0 Å². The van der Waals surface area contributed by atoms with Crippen LogP contribution in [0.15, 0.2) is 30.3 Å². The number of hydrogen-bond donors (Lipinski definition) is 0. The van der Waals surface area contributed by atoms with Gasteiger partial charge in [0.1, 0.15) is 0 Å². The van der Waals surface area contributed by atoms with E-state index in [4.69, 9.17) is 0 Å². The molecule has 114 valence electrons. The fourth-order valence-electron chi connectivity index (χ4n) is 3.40. The molecule has 0 unspecified atom stereocenters. The predicted molar refractivity (Wildman–Crippen MR) is 89.7 cm³/mol. The minimum atomic E-state index is -0.350. The molecule has 0 amide bonds. The predicted octanol–water partition coefficient (Wildman–Crippen LogP) is 5.12. The van der Waals surface area contributed by atoms with Crippen LogP contribution in [0.2, 0.25) is 0 Å². The molecule has 2 heteroatoms. The molecule has 0 aliphatic heterocycles. The van der Waals surface area contributed by atoms with Gasteiger partial charge >= 0.3 is 0 Å². The lowest BCUT2D eigenvalue weighted by Gasteiger charge is -2.08. The minimum absolute atomic E-state index is 0.350. The van der Waals surface area contributed by atoms with Crippen molar-refractivity contribution < 1.29 is 9.59 Å². The van der Waals surface area contributed by atoms with Crippen molar-refractivity contribution in [2.45, 2.75) is 51.9 Å². The van der Waals surface area contributed by atoms with Crippen LogP contribution in [0.5, 0.6) is 0 Å². The fraction of sp³-hybridized carbons (Fsp3) is 0.400. The molecule has 1 aliphatic rings. The van der Waals surface area contributed by atoms with Crippen LogP contribution < -0.4 is 0 Å². The normalized spacial score (nSPS) is 13.3. The molecule has 0 aromatic heterocycles. The first-order valence-corrected chi connectivity index (χ1v) is 8.37. The van der Waals surface area contributed by atoms with Gasteiger partial charge in [0.25, 0.3) is 0 Å². The van der Waals surface area contributed by atoms with Gasteiger partial charge in [-0.2, -0.15) is 0 Å². The van der Waals surface area contributed by atoms with Gasteiger partial charge in [0.2, 0.25) is 11.6 Å². The molecule has 2 aromatic carbocycles. The van der Waals surface area contributed by atoms with Gasteiger partial charge in [-0.15, -0.1) is 0 Å². The number of carbonyl (C=O) groups is 2. The summed E-state index contributed by atoms with van der Waals surface area (Å²) in [6, 6.07) is 9.58. The van der Waals surface area contributed by atoms with Gasteiger partial charge in [0, 0.05) is 16.5 Å². The molecular weight excluding hydrogens is 272 g/mol. The van der Waals surface area contributed by atoms with Gasteiger partial charge in [-0.1, -0.05) is 63.3 Å². The first-order valence-electron chi connectivity index (χ1n) is 8.37. The van der Waals surface area contributed by atoms with E-state index < -0.39 is 0 Å². The number of ketones is 2. The molecule has 2 nitrogen and oxygen atoms in total. The lowest BCUT2D eigenvalue weighted by Crippen LogP contribution is -2.05. The topological polar surface area (TPSA) is 34.1 Å². The molecule has 0 heterocycles. The average molecular weight is 294 g/mol. The Kier molecular flexibility index (Phi) is 4.37. The van der Waals surface area contributed by atoms with E-state index in [9.17, 15) is 9.59 Å². The summed E-state index contributed by atoms with van der Waals surface area (Å²) in [6.07, 6.45) is 8.66. The van der Waals surface area contributed by atoms with Crippen molar-refractivity contribution in [2.75, 3.05) is 0 Å². The summed E-state index contributed by atoms with van der Waals surface area (Å²) in [5.74, 6) is -0.699. The van der Waals surface area contributed by atoms with E-state index in [1.54, 1.807) is 6.07 Å². The van der Waals surface area contributed by atoms with Crippen molar-refractivity contribution in [1.29, 1.82) is 0 Å². The highest BCUT2D eigenvalue weighted by atomic mass is 16.2. The summed E-state index contributed by atoms with van der Waals surface area (Å²) >= 11 is 0. The lowest BCUT2D eigenvalue weighted by molar-refractivity contribution is 0.0825. The van der Waals surface area contributed by atoms with E-state index in [-0.39, 0.29) is 11.6 Å². The molecular formula is C20H22O2. The van der Waals surface area contributed by atoms with Crippen LogP contribution >= 0.6 is 0 Å². The van der Waals surface area contributed by atoms with E-state index in [2.05, 4.69) is 6.92 Å². The summed E-state index contributed by atoms with van der Waals surface area (Å²) in [5.41, 5.74) is 2.43. The molecule has 0 saturated carbocycles. The Morgan fingerprint density at radius 1 is 0.773 bits per heavy atom. The molecule has 3 rings (SSSR count). The monoisotopic (exact) mass is 294 g/mol. The lowest BCUT2D eigenvalue weighted by atomic mass is 9.96. The summed E-state index contributed by atoms with van der Waals surface area (Å²) < 4.78 is 0. The zero-order chi connectivity index (χ0) is 15.5. The standard InChI is InChI=1S/C20H22O2/c1-2-3-4-5-6-7-9-14-12-13-17-18-15(14)10-8-11-16(18)19(21)20(17)22/h8,10-13H,2-7,9H2,1H3. The Hall–Kier alpha value is -1.96. The van der Waals surface area contributed by atoms with Gasteiger partial charge in [0.15, 0.2) is 0 Å². The van der Waals surface area contributed by atoms with Crippen molar-refractivity contribution in [3.05, 3.63) is 47.0 Å². The number of carbonyl (C=O) groups excluding carboxylic acids is 2. The van der Waals surface area contributed by atoms with E-state index in [1.165, 1.54) is 44.1 Å². The van der Waals surface area contributed by atoms with Crippen LogP contribution in [0.3, 0.4) is 0 Å². The molecule has 22 heavy (non-hydrogen) atoms. The second kappa shape index (κ2) is 6.43.